The molecule has 0 spiro atoms. The molecule has 2 rings (SSSR count). The second kappa shape index (κ2) is 10.6. The SMILES string of the molecule is CCNC(=NCc1cnn(C)c1)NCc1ccc(C)cc1SC.I. The Kier molecular flexibility index (Phi) is 9.20. The molecule has 0 fully saturated rings. The minimum atomic E-state index is 0. The third-order valence-electron chi connectivity index (χ3n) is 3.41. The van der Waals surface area contributed by atoms with Crippen LogP contribution in [0.1, 0.15) is 23.6 Å². The van der Waals surface area contributed by atoms with Crippen molar-refractivity contribution < 1.29 is 0 Å². The van der Waals surface area contributed by atoms with Crippen LogP contribution in [-0.4, -0.2) is 28.5 Å². The van der Waals surface area contributed by atoms with Crippen molar-refractivity contribution in [3.8, 4) is 0 Å². The van der Waals surface area contributed by atoms with Gasteiger partial charge < -0.3 is 10.6 Å². The van der Waals surface area contributed by atoms with E-state index in [1.165, 1.54) is 16.0 Å². The first kappa shape index (κ1) is 20.8. The highest BCUT2D eigenvalue weighted by Crippen LogP contribution is 2.21. The van der Waals surface area contributed by atoms with Crippen LogP contribution in [-0.2, 0) is 20.1 Å². The van der Waals surface area contributed by atoms with Crippen LogP contribution in [0.15, 0.2) is 40.5 Å². The molecule has 7 heteroatoms. The van der Waals surface area contributed by atoms with E-state index in [-0.39, 0.29) is 24.0 Å². The van der Waals surface area contributed by atoms with Gasteiger partial charge in [-0.05, 0) is 37.3 Å². The zero-order valence-electron chi connectivity index (χ0n) is 14.7. The van der Waals surface area contributed by atoms with Gasteiger partial charge in [0.25, 0.3) is 0 Å². The molecule has 24 heavy (non-hydrogen) atoms. The fourth-order valence-corrected chi connectivity index (χ4v) is 2.95. The lowest BCUT2D eigenvalue weighted by molar-refractivity contribution is 0.766. The Morgan fingerprint density at radius 3 is 2.75 bits per heavy atom. The number of nitrogens with one attached hydrogen (secondary N) is 2. The molecule has 2 N–H and O–H groups in total. The first-order chi connectivity index (χ1) is 11.1. The second-order valence-corrected chi connectivity index (χ2v) is 6.23. The summed E-state index contributed by atoms with van der Waals surface area (Å²) in [6.45, 7) is 6.40. The molecule has 0 saturated carbocycles. The number of benzene rings is 1. The van der Waals surface area contributed by atoms with Gasteiger partial charge in [-0.1, -0.05) is 12.1 Å². The van der Waals surface area contributed by atoms with Gasteiger partial charge >= 0.3 is 0 Å². The summed E-state index contributed by atoms with van der Waals surface area (Å²) in [6.07, 6.45) is 5.94. The van der Waals surface area contributed by atoms with E-state index in [0.29, 0.717) is 6.54 Å². The summed E-state index contributed by atoms with van der Waals surface area (Å²) in [5.41, 5.74) is 3.68. The second-order valence-electron chi connectivity index (χ2n) is 5.39. The molecule has 0 aliphatic carbocycles. The molecule has 0 aliphatic heterocycles. The van der Waals surface area contributed by atoms with E-state index in [2.05, 4.69) is 59.0 Å². The molecule has 1 aromatic heterocycles. The molecule has 0 atom stereocenters. The number of aliphatic imine (C=N–C) groups is 1. The van der Waals surface area contributed by atoms with Gasteiger partial charge in [-0.3, -0.25) is 4.68 Å². The summed E-state index contributed by atoms with van der Waals surface area (Å²) >= 11 is 1.78. The maximum Gasteiger partial charge on any atom is 0.191 e. The number of rotatable bonds is 6. The van der Waals surface area contributed by atoms with Gasteiger partial charge in [0.2, 0.25) is 0 Å². The maximum atomic E-state index is 4.62. The summed E-state index contributed by atoms with van der Waals surface area (Å²) in [6, 6.07) is 6.55. The van der Waals surface area contributed by atoms with Crippen LogP contribution in [0.4, 0.5) is 0 Å². The highest BCUT2D eigenvalue weighted by Gasteiger charge is 2.04. The van der Waals surface area contributed by atoms with E-state index in [0.717, 1.165) is 24.6 Å². The lowest BCUT2D eigenvalue weighted by atomic mass is 10.1. The highest BCUT2D eigenvalue weighted by molar-refractivity contribution is 14.0. The number of nitrogens with zero attached hydrogens (tertiary/aromatic N) is 3. The van der Waals surface area contributed by atoms with Crippen molar-refractivity contribution >= 4 is 41.7 Å². The molecule has 5 nitrogen and oxygen atoms in total. The molecule has 0 saturated heterocycles. The van der Waals surface area contributed by atoms with E-state index in [9.17, 15) is 0 Å². The summed E-state index contributed by atoms with van der Waals surface area (Å²) < 4.78 is 1.79. The van der Waals surface area contributed by atoms with Crippen molar-refractivity contribution in [3.05, 3.63) is 47.3 Å². The topological polar surface area (TPSA) is 54.2 Å². The molecular weight excluding hydrogens is 433 g/mol. The largest absolute Gasteiger partial charge is 0.357 e. The van der Waals surface area contributed by atoms with Gasteiger partial charge in [0.1, 0.15) is 0 Å². The smallest absolute Gasteiger partial charge is 0.191 e. The molecule has 1 aromatic carbocycles. The van der Waals surface area contributed by atoms with E-state index in [4.69, 9.17) is 0 Å². The fourth-order valence-electron chi connectivity index (χ4n) is 2.24. The predicted molar refractivity (Wildman–Crippen MR) is 113 cm³/mol. The van der Waals surface area contributed by atoms with E-state index >= 15 is 0 Å². The zero-order chi connectivity index (χ0) is 16.7. The lowest BCUT2D eigenvalue weighted by Gasteiger charge is -2.13. The number of hydrogen-bond acceptors (Lipinski definition) is 3. The average molecular weight is 459 g/mol. The van der Waals surface area contributed by atoms with E-state index in [1.54, 1.807) is 16.4 Å². The van der Waals surface area contributed by atoms with Gasteiger partial charge in [-0.25, -0.2) is 4.99 Å². The molecule has 0 radical (unpaired) electrons. The van der Waals surface area contributed by atoms with Crippen LogP contribution in [0.5, 0.6) is 0 Å². The van der Waals surface area contributed by atoms with E-state index < -0.39 is 0 Å². The third kappa shape index (κ3) is 6.35. The number of hydrogen-bond donors (Lipinski definition) is 2. The Morgan fingerprint density at radius 2 is 2.12 bits per heavy atom. The van der Waals surface area contributed by atoms with Crippen molar-refractivity contribution in [3.63, 3.8) is 0 Å². The standard InChI is InChI=1S/C17H25N5S.HI/c1-5-18-17(19-9-14-10-21-22(3)12-14)20-11-15-7-6-13(2)8-16(15)23-4;/h6-8,10,12H,5,9,11H2,1-4H3,(H2,18,19,20);1H. The van der Waals surface area contributed by atoms with Crippen LogP contribution in [0.25, 0.3) is 0 Å². The van der Waals surface area contributed by atoms with Crippen molar-refractivity contribution in [2.45, 2.75) is 31.8 Å². The molecule has 132 valence electrons. The zero-order valence-corrected chi connectivity index (χ0v) is 17.8. The number of aryl methyl sites for hydroxylation is 2. The maximum absolute atomic E-state index is 4.62. The summed E-state index contributed by atoms with van der Waals surface area (Å²) in [5.74, 6) is 0.823. The highest BCUT2D eigenvalue weighted by atomic mass is 127. The van der Waals surface area contributed by atoms with E-state index in [1.807, 2.05) is 19.4 Å². The van der Waals surface area contributed by atoms with Crippen LogP contribution in [0, 0.1) is 6.92 Å². The lowest BCUT2D eigenvalue weighted by Crippen LogP contribution is -2.36. The fraction of sp³-hybridized carbons (Fsp3) is 0.412. The normalized spacial score (nSPS) is 11.1. The molecular formula is C17H26IN5S. The number of thioether (sulfide) groups is 1. The van der Waals surface area contributed by atoms with Crippen LogP contribution in [0.3, 0.4) is 0 Å². The van der Waals surface area contributed by atoms with Gasteiger partial charge in [-0.15, -0.1) is 35.7 Å². The average Bonchev–Trinajstić information content (AvgIpc) is 2.96. The van der Waals surface area contributed by atoms with Gasteiger partial charge in [-0.2, -0.15) is 5.10 Å². The predicted octanol–water partition coefficient (Wildman–Crippen LogP) is 3.32. The minimum absolute atomic E-state index is 0. The molecule has 0 aliphatic rings. The van der Waals surface area contributed by atoms with Gasteiger partial charge in [0.05, 0.1) is 12.7 Å². The Morgan fingerprint density at radius 1 is 1.33 bits per heavy atom. The first-order valence-corrected chi connectivity index (χ1v) is 8.98. The quantitative estimate of drug-likeness (QED) is 0.301. The molecule has 0 bridgehead atoms. The van der Waals surface area contributed by atoms with Gasteiger partial charge in [0, 0.05) is 36.8 Å². The summed E-state index contributed by atoms with van der Waals surface area (Å²) in [7, 11) is 1.91. The molecule has 1 heterocycles. The third-order valence-corrected chi connectivity index (χ3v) is 4.23. The van der Waals surface area contributed by atoms with Crippen LogP contribution < -0.4 is 10.6 Å². The number of guanidine groups is 1. The van der Waals surface area contributed by atoms with Crippen molar-refractivity contribution in [2.24, 2.45) is 12.0 Å². The Balaban J connectivity index is 0.00000288. The molecule has 0 amide bonds. The molecule has 0 unspecified atom stereocenters. The number of halogens is 1. The Hall–Kier alpha value is -1.22. The Bertz CT molecular complexity index is 669. The monoisotopic (exact) mass is 459 g/mol. The summed E-state index contributed by atoms with van der Waals surface area (Å²) in [4.78, 5) is 5.93. The number of aromatic nitrogens is 2. The van der Waals surface area contributed by atoms with Crippen LogP contribution >= 0.6 is 35.7 Å². The first-order valence-electron chi connectivity index (χ1n) is 7.75. The van der Waals surface area contributed by atoms with Crippen molar-refractivity contribution in [1.29, 1.82) is 0 Å². The van der Waals surface area contributed by atoms with Crippen molar-refractivity contribution in [1.82, 2.24) is 20.4 Å². The Labute approximate surface area is 165 Å². The molecule has 2 aromatic rings. The van der Waals surface area contributed by atoms with Gasteiger partial charge in [0.15, 0.2) is 5.96 Å². The van der Waals surface area contributed by atoms with Crippen LogP contribution in [0.2, 0.25) is 0 Å². The van der Waals surface area contributed by atoms with Crippen molar-refractivity contribution in [2.75, 3.05) is 12.8 Å². The summed E-state index contributed by atoms with van der Waals surface area (Å²) in [5, 5.41) is 10.9. The minimum Gasteiger partial charge on any atom is -0.357 e.